The molecule has 3 aromatic rings. The molecule has 0 atom stereocenters. The number of hydrogen-bond donors (Lipinski definition) is 1. The van der Waals surface area contributed by atoms with Gasteiger partial charge in [0.2, 0.25) is 0 Å². The van der Waals surface area contributed by atoms with E-state index >= 15 is 0 Å². The van der Waals surface area contributed by atoms with E-state index in [1.807, 2.05) is 36.4 Å². The summed E-state index contributed by atoms with van der Waals surface area (Å²) in [6.45, 7) is 0.304. The Morgan fingerprint density at radius 2 is 1.84 bits per heavy atom. The van der Waals surface area contributed by atoms with E-state index in [-0.39, 0.29) is 5.91 Å². The SMILES string of the molecule is O=C(Nc1ccc(I)cc1)c1ccccc1OCc1ccc(Cl)nc1. The van der Waals surface area contributed by atoms with Gasteiger partial charge in [-0.25, -0.2) is 4.98 Å². The average Bonchev–Trinajstić information content (AvgIpc) is 2.63. The van der Waals surface area contributed by atoms with Gasteiger partial charge >= 0.3 is 0 Å². The highest BCUT2D eigenvalue weighted by atomic mass is 127. The number of ether oxygens (including phenoxy) is 1. The third kappa shape index (κ3) is 4.93. The second kappa shape index (κ2) is 8.31. The van der Waals surface area contributed by atoms with Crippen LogP contribution in [0.2, 0.25) is 5.15 Å². The van der Waals surface area contributed by atoms with Crippen molar-refractivity contribution in [3.8, 4) is 5.75 Å². The summed E-state index contributed by atoms with van der Waals surface area (Å²) >= 11 is 8.00. The van der Waals surface area contributed by atoms with E-state index < -0.39 is 0 Å². The van der Waals surface area contributed by atoms with Crippen molar-refractivity contribution in [1.29, 1.82) is 0 Å². The zero-order chi connectivity index (χ0) is 17.6. The monoisotopic (exact) mass is 464 g/mol. The number of pyridine rings is 1. The maximum Gasteiger partial charge on any atom is 0.259 e. The molecule has 4 nitrogen and oxygen atoms in total. The predicted molar refractivity (Wildman–Crippen MR) is 107 cm³/mol. The van der Waals surface area contributed by atoms with Crippen LogP contribution in [0.1, 0.15) is 15.9 Å². The second-order valence-corrected chi connectivity index (χ2v) is 6.87. The molecule has 0 aliphatic carbocycles. The number of rotatable bonds is 5. The first-order valence-corrected chi connectivity index (χ1v) is 8.97. The van der Waals surface area contributed by atoms with E-state index in [9.17, 15) is 4.79 Å². The van der Waals surface area contributed by atoms with E-state index in [4.69, 9.17) is 16.3 Å². The van der Waals surface area contributed by atoms with Crippen molar-refractivity contribution in [2.75, 3.05) is 5.32 Å². The molecule has 1 N–H and O–H groups in total. The Balaban J connectivity index is 1.72. The minimum atomic E-state index is -0.217. The van der Waals surface area contributed by atoms with Crippen LogP contribution in [-0.4, -0.2) is 10.9 Å². The van der Waals surface area contributed by atoms with Crippen LogP contribution in [0.4, 0.5) is 5.69 Å². The Kier molecular flexibility index (Phi) is 5.88. The molecule has 0 bridgehead atoms. The summed E-state index contributed by atoms with van der Waals surface area (Å²) in [4.78, 5) is 16.6. The van der Waals surface area contributed by atoms with Crippen molar-refractivity contribution < 1.29 is 9.53 Å². The van der Waals surface area contributed by atoms with Gasteiger partial charge in [-0.1, -0.05) is 29.8 Å². The fourth-order valence-electron chi connectivity index (χ4n) is 2.16. The zero-order valence-corrected chi connectivity index (χ0v) is 16.0. The molecule has 1 aromatic heterocycles. The number of halogens is 2. The summed E-state index contributed by atoms with van der Waals surface area (Å²) in [5.41, 5.74) is 2.09. The molecule has 0 fully saturated rings. The van der Waals surface area contributed by atoms with Gasteiger partial charge in [-0.15, -0.1) is 0 Å². The number of carbonyl (C=O) groups excluding carboxylic acids is 1. The van der Waals surface area contributed by atoms with Crippen molar-refractivity contribution in [3.63, 3.8) is 0 Å². The van der Waals surface area contributed by atoms with Crippen LogP contribution in [0.3, 0.4) is 0 Å². The van der Waals surface area contributed by atoms with Crippen molar-refractivity contribution in [3.05, 3.63) is 86.7 Å². The molecule has 0 unspecified atom stereocenters. The molecule has 2 aromatic carbocycles. The maximum atomic E-state index is 12.6. The van der Waals surface area contributed by atoms with Crippen LogP contribution in [0.5, 0.6) is 5.75 Å². The highest BCUT2D eigenvalue weighted by Gasteiger charge is 2.12. The van der Waals surface area contributed by atoms with Crippen molar-refractivity contribution >= 4 is 45.8 Å². The number of nitrogens with zero attached hydrogens (tertiary/aromatic N) is 1. The quantitative estimate of drug-likeness (QED) is 0.419. The van der Waals surface area contributed by atoms with E-state index in [1.165, 1.54) is 0 Å². The van der Waals surface area contributed by atoms with Crippen LogP contribution in [0, 0.1) is 3.57 Å². The Morgan fingerprint density at radius 3 is 2.56 bits per heavy atom. The number of para-hydroxylation sites is 1. The molecule has 25 heavy (non-hydrogen) atoms. The Bertz CT molecular complexity index is 867. The normalized spacial score (nSPS) is 10.3. The minimum Gasteiger partial charge on any atom is -0.488 e. The molecule has 6 heteroatoms. The molecular formula is C19H14ClIN2O2. The van der Waals surface area contributed by atoms with Crippen LogP contribution < -0.4 is 10.1 Å². The van der Waals surface area contributed by atoms with Gasteiger partial charge < -0.3 is 10.1 Å². The molecule has 0 spiro atoms. The van der Waals surface area contributed by atoms with Crippen molar-refractivity contribution in [2.24, 2.45) is 0 Å². The van der Waals surface area contributed by atoms with E-state index in [0.29, 0.717) is 23.1 Å². The predicted octanol–water partition coefficient (Wildman–Crippen LogP) is 5.17. The first-order valence-electron chi connectivity index (χ1n) is 7.51. The molecule has 1 heterocycles. The molecule has 1 amide bonds. The number of benzene rings is 2. The van der Waals surface area contributed by atoms with Crippen LogP contribution >= 0.6 is 34.2 Å². The molecule has 0 radical (unpaired) electrons. The summed E-state index contributed by atoms with van der Waals surface area (Å²) in [6.07, 6.45) is 1.65. The number of nitrogens with one attached hydrogen (secondary N) is 1. The van der Waals surface area contributed by atoms with Gasteiger partial charge in [-0.05, 0) is 65.1 Å². The summed E-state index contributed by atoms with van der Waals surface area (Å²) < 4.78 is 6.90. The number of hydrogen-bond acceptors (Lipinski definition) is 3. The van der Waals surface area contributed by atoms with Crippen LogP contribution in [0.25, 0.3) is 0 Å². The van der Waals surface area contributed by atoms with E-state index in [1.54, 1.807) is 30.5 Å². The number of carbonyl (C=O) groups is 1. The third-order valence-electron chi connectivity index (χ3n) is 3.42. The fourth-order valence-corrected chi connectivity index (χ4v) is 2.64. The summed E-state index contributed by atoms with van der Waals surface area (Å²) in [5.74, 6) is 0.298. The molecule has 0 saturated heterocycles. The largest absolute Gasteiger partial charge is 0.488 e. The first-order chi connectivity index (χ1) is 12.1. The zero-order valence-electron chi connectivity index (χ0n) is 13.1. The maximum absolute atomic E-state index is 12.6. The lowest BCUT2D eigenvalue weighted by Crippen LogP contribution is -2.13. The molecule has 3 rings (SSSR count). The summed E-state index contributed by atoms with van der Waals surface area (Å²) in [6, 6.07) is 18.3. The number of anilines is 1. The summed E-state index contributed by atoms with van der Waals surface area (Å²) in [7, 11) is 0. The standard InChI is InChI=1S/C19H14ClIN2O2/c20-18-10-5-13(11-22-18)12-25-17-4-2-1-3-16(17)19(24)23-15-8-6-14(21)7-9-15/h1-11H,12H2,(H,23,24). The van der Waals surface area contributed by atoms with Gasteiger partial charge in [0.15, 0.2) is 0 Å². The Hall–Kier alpha value is -2.12. The van der Waals surface area contributed by atoms with E-state index in [2.05, 4.69) is 32.9 Å². The van der Waals surface area contributed by atoms with Gasteiger partial charge in [0.05, 0.1) is 5.56 Å². The molecule has 0 aliphatic rings. The lowest BCUT2D eigenvalue weighted by molar-refractivity contribution is 0.102. The fraction of sp³-hybridized carbons (Fsp3) is 0.0526. The van der Waals surface area contributed by atoms with E-state index in [0.717, 1.165) is 14.8 Å². The van der Waals surface area contributed by atoms with Gasteiger partial charge in [0.1, 0.15) is 17.5 Å². The topological polar surface area (TPSA) is 51.2 Å². The van der Waals surface area contributed by atoms with Crippen molar-refractivity contribution in [1.82, 2.24) is 4.98 Å². The third-order valence-corrected chi connectivity index (χ3v) is 4.36. The number of amides is 1. The lowest BCUT2D eigenvalue weighted by atomic mass is 10.2. The lowest BCUT2D eigenvalue weighted by Gasteiger charge is -2.12. The van der Waals surface area contributed by atoms with Crippen LogP contribution in [0.15, 0.2) is 66.9 Å². The van der Waals surface area contributed by atoms with Crippen molar-refractivity contribution in [2.45, 2.75) is 6.61 Å². The average molecular weight is 465 g/mol. The highest BCUT2D eigenvalue weighted by Crippen LogP contribution is 2.21. The Labute approximate surface area is 164 Å². The number of aromatic nitrogens is 1. The molecule has 126 valence electrons. The van der Waals surface area contributed by atoms with Gasteiger partial charge in [0.25, 0.3) is 5.91 Å². The van der Waals surface area contributed by atoms with Gasteiger partial charge in [-0.3, -0.25) is 4.79 Å². The van der Waals surface area contributed by atoms with Gasteiger partial charge in [0, 0.05) is 21.0 Å². The van der Waals surface area contributed by atoms with Gasteiger partial charge in [-0.2, -0.15) is 0 Å². The molecular weight excluding hydrogens is 451 g/mol. The minimum absolute atomic E-state index is 0.217. The molecule has 0 saturated carbocycles. The highest BCUT2D eigenvalue weighted by molar-refractivity contribution is 14.1. The smallest absolute Gasteiger partial charge is 0.259 e. The van der Waals surface area contributed by atoms with Crippen LogP contribution in [-0.2, 0) is 6.61 Å². The molecule has 0 aliphatic heterocycles. The first kappa shape index (κ1) is 17.7. The Morgan fingerprint density at radius 1 is 1.08 bits per heavy atom. The summed E-state index contributed by atoms with van der Waals surface area (Å²) in [5, 5.41) is 3.31. The second-order valence-electron chi connectivity index (χ2n) is 5.24.